The summed E-state index contributed by atoms with van der Waals surface area (Å²) in [6.45, 7) is 0.239. The molecule has 1 aromatic carbocycles. The molecule has 3 rings (SSSR count). The Labute approximate surface area is 164 Å². The number of aromatic nitrogens is 2. The first-order chi connectivity index (χ1) is 13.1. The monoisotopic (exact) mass is 400 g/mol. The normalized spacial score (nSPS) is 15.4. The largest absolute Gasteiger partial charge is 0.349 e. The molecule has 0 atom stereocenters. The third-order valence-electron chi connectivity index (χ3n) is 3.70. The molecule has 3 amide bonds. The zero-order chi connectivity index (χ0) is 19.2. The highest BCUT2D eigenvalue weighted by Crippen LogP contribution is 2.32. The highest BCUT2D eigenvalue weighted by Gasteiger charge is 2.34. The lowest BCUT2D eigenvalue weighted by Gasteiger charge is -2.12. The lowest BCUT2D eigenvalue weighted by atomic mass is 10.2. The van der Waals surface area contributed by atoms with Crippen LogP contribution in [0.25, 0.3) is 6.08 Å². The van der Waals surface area contributed by atoms with Gasteiger partial charge in [0.2, 0.25) is 0 Å². The van der Waals surface area contributed by atoms with Crippen LogP contribution in [0.4, 0.5) is 4.79 Å². The van der Waals surface area contributed by atoms with Crippen LogP contribution in [0.1, 0.15) is 16.1 Å². The second-order valence-electron chi connectivity index (χ2n) is 5.45. The fourth-order valence-corrected chi connectivity index (χ4v) is 3.61. The number of hydrogen-bond acceptors (Lipinski definition) is 7. The van der Waals surface area contributed by atoms with Crippen molar-refractivity contribution < 1.29 is 14.4 Å². The molecule has 138 valence electrons. The number of thioether (sulfide) groups is 2. The molecule has 1 N–H and O–H groups in total. The van der Waals surface area contributed by atoms with Crippen molar-refractivity contribution >= 4 is 46.7 Å². The average Bonchev–Trinajstić information content (AvgIpc) is 2.96. The summed E-state index contributed by atoms with van der Waals surface area (Å²) in [6, 6.07) is 7.73. The average molecular weight is 400 g/mol. The molecule has 1 fully saturated rings. The standard InChI is InChI=1S/C18H16N4O3S2/c1-26-13-4-2-12(3-5-13)10-15-17(24)22(18(25)27-15)9-8-21-16(23)14-11-19-6-7-20-14/h2-7,10-11H,8-9H2,1H3,(H,21,23). The van der Waals surface area contributed by atoms with Gasteiger partial charge >= 0.3 is 0 Å². The molecule has 0 saturated carbocycles. The second-order valence-corrected chi connectivity index (χ2v) is 7.33. The molecule has 0 spiro atoms. The van der Waals surface area contributed by atoms with Crippen LogP contribution in [-0.4, -0.2) is 51.3 Å². The van der Waals surface area contributed by atoms with E-state index in [0.717, 1.165) is 27.1 Å². The predicted molar refractivity (Wildman–Crippen MR) is 105 cm³/mol. The van der Waals surface area contributed by atoms with Gasteiger partial charge in [0.05, 0.1) is 11.1 Å². The number of imide groups is 1. The van der Waals surface area contributed by atoms with Gasteiger partial charge in [0.15, 0.2) is 0 Å². The van der Waals surface area contributed by atoms with Crippen LogP contribution >= 0.6 is 23.5 Å². The molecule has 1 saturated heterocycles. The zero-order valence-electron chi connectivity index (χ0n) is 14.4. The number of carbonyl (C=O) groups is 3. The third-order valence-corrected chi connectivity index (χ3v) is 5.35. The van der Waals surface area contributed by atoms with E-state index >= 15 is 0 Å². The van der Waals surface area contributed by atoms with Crippen molar-refractivity contribution in [3.05, 3.63) is 59.0 Å². The number of amides is 3. The van der Waals surface area contributed by atoms with Crippen molar-refractivity contribution in [2.24, 2.45) is 0 Å². The minimum absolute atomic E-state index is 0.0966. The van der Waals surface area contributed by atoms with E-state index in [0.29, 0.717) is 4.91 Å². The summed E-state index contributed by atoms with van der Waals surface area (Å²) in [5.41, 5.74) is 1.04. The first-order valence-corrected chi connectivity index (χ1v) is 10.1. The van der Waals surface area contributed by atoms with E-state index < -0.39 is 5.91 Å². The topological polar surface area (TPSA) is 92.3 Å². The molecule has 0 bridgehead atoms. The summed E-state index contributed by atoms with van der Waals surface area (Å²) in [7, 11) is 0. The van der Waals surface area contributed by atoms with Crippen molar-refractivity contribution in [3.8, 4) is 0 Å². The number of rotatable bonds is 6. The third kappa shape index (κ3) is 4.75. The van der Waals surface area contributed by atoms with Gasteiger partial charge in [-0.05, 0) is 41.8 Å². The van der Waals surface area contributed by atoms with Crippen molar-refractivity contribution in [2.75, 3.05) is 19.3 Å². The first-order valence-electron chi connectivity index (χ1n) is 8.02. The molecule has 27 heavy (non-hydrogen) atoms. The minimum atomic E-state index is -0.403. The molecule has 7 nitrogen and oxygen atoms in total. The van der Waals surface area contributed by atoms with Gasteiger partial charge < -0.3 is 5.32 Å². The van der Waals surface area contributed by atoms with E-state index in [-0.39, 0.29) is 29.9 Å². The Morgan fingerprint density at radius 3 is 2.70 bits per heavy atom. The van der Waals surface area contributed by atoms with E-state index in [1.165, 1.54) is 18.6 Å². The SMILES string of the molecule is CSc1ccc(C=C2SC(=O)N(CCNC(=O)c3cnccn3)C2=O)cc1. The Balaban J connectivity index is 1.59. The lowest BCUT2D eigenvalue weighted by molar-refractivity contribution is -0.122. The molecule has 0 unspecified atom stereocenters. The van der Waals surface area contributed by atoms with Gasteiger partial charge in [-0.25, -0.2) is 4.98 Å². The van der Waals surface area contributed by atoms with Crippen molar-refractivity contribution in [2.45, 2.75) is 4.90 Å². The Hall–Kier alpha value is -2.65. The van der Waals surface area contributed by atoms with Crippen molar-refractivity contribution in [1.82, 2.24) is 20.2 Å². The maximum Gasteiger partial charge on any atom is 0.293 e. The van der Waals surface area contributed by atoms with Gasteiger partial charge in [0, 0.05) is 30.4 Å². The highest BCUT2D eigenvalue weighted by atomic mass is 32.2. The van der Waals surface area contributed by atoms with Gasteiger partial charge in [0.1, 0.15) is 5.69 Å². The molecular weight excluding hydrogens is 384 g/mol. The van der Waals surface area contributed by atoms with E-state index in [4.69, 9.17) is 0 Å². The highest BCUT2D eigenvalue weighted by molar-refractivity contribution is 8.18. The van der Waals surface area contributed by atoms with Crippen LogP contribution in [0.2, 0.25) is 0 Å². The maximum absolute atomic E-state index is 12.5. The summed E-state index contributed by atoms with van der Waals surface area (Å²) in [5, 5.41) is 2.28. The summed E-state index contributed by atoms with van der Waals surface area (Å²) < 4.78 is 0. The van der Waals surface area contributed by atoms with Crippen molar-refractivity contribution in [3.63, 3.8) is 0 Å². The van der Waals surface area contributed by atoms with Crippen LogP contribution in [-0.2, 0) is 4.79 Å². The van der Waals surface area contributed by atoms with Gasteiger partial charge in [-0.15, -0.1) is 11.8 Å². The Morgan fingerprint density at radius 1 is 1.26 bits per heavy atom. The van der Waals surface area contributed by atoms with Gasteiger partial charge in [-0.3, -0.25) is 24.3 Å². The molecule has 9 heteroatoms. The van der Waals surface area contributed by atoms with Crippen LogP contribution < -0.4 is 5.32 Å². The summed E-state index contributed by atoms with van der Waals surface area (Å²) in [6.07, 6.45) is 7.93. The Morgan fingerprint density at radius 2 is 2.04 bits per heavy atom. The molecule has 1 aromatic heterocycles. The molecule has 0 aliphatic carbocycles. The molecule has 2 aromatic rings. The predicted octanol–water partition coefficient (Wildman–Crippen LogP) is 2.66. The van der Waals surface area contributed by atoms with Gasteiger partial charge in [-0.1, -0.05) is 12.1 Å². The van der Waals surface area contributed by atoms with Crippen LogP contribution in [0, 0.1) is 0 Å². The summed E-state index contributed by atoms with van der Waals surface area (Å²) >= 11 is 2.53. The minimum Gasteiger partial charge on any atom is -0.349 e. The van der Waals surface area contributed by atoms with Crippen LogP contribution in [0.15, 0.2) is 52.7 Å². The fourth-order valence-electron chi connectivity index (χ4n) is 2.33. The zero-order valence-corrected chi connectivity index (χ0v) is 16.0. The number of nitrogens with one attached hydrogen (secondary N) is 1. The quantitative estimate of drug-likeness (QED) is 0.589. The Bertz CT molecular complexity index is 885. The Kier molecular flexibility index (Phi) is 6.25. The maximum atomic E-state index is 12.5. The molecular formula is C18H16N4O3S2. The number of hydrogen-bond donors (Lipinski definition) is 1. The molecule has 0 radical (unpaired) electrons. The fraction of sp³-hybridized carbons (Fsp3) is 0.167. The first kappa shape index (κ1) is 19.1. The molecule has 1 aliphatic rings. The van der Waals surface area contributed by atoms with E-state index in [1.54, 1.807) is 17.8 Å². The van der Waals surface area contributed by atoms with E-state index in [9.17, 15) is 14.4 Å². The number of carbonyl (C=O) groups excluding carboxylic acids is 3. The van der Waals surface area contributed by atoms with E-state index in [1.807, 2.05) is 30.5 Å². The summed E-state index contributed by atoms with van der Waals surface area (Å²) in [5.74, 6) is -0.757. The summed E-state index contributed by atoms with van der Waals surface area (Å²) in [4.78, 5) is 46.8. The lowest BCUT2D eigenvalue weighted by Crippen LogP contribution is -2.37. The van der Waals surface area contributed by atoms with E-state index in [2.05, 4.69) is 15.3 Å². The smallest absolute Gasteiger partial charge is 0.293 e. The second kappa shape index (κ2) is 8.83. The number of nitrogens with zero attached hydrogens (tertiary/aromatic N) is 3. The van der Waals surface area contributed by atoms with Gasteiger partial charge in [0.25, 0.3) is 17.1 Å². The van der Waals surface area contributed by atoms with Crippen LogP contribution in [0.5, 0.6) is 0 Å². The molecule has 2 heterocycles. The van der Waals surface area contributed by atoms with Crippen molar-refractivity contribution in [1.29, 1.82) is 0 Å². The number of benzene rings is 1. The van der Waals surface area contributed by atoms with Crippen LogP contribution in [0.3, 0.4) is 0 Å². The van der Waals surface area contributed by atoms with Gasteiger partial charge in [-0.2, -0.15) is 0 Å². The molecule has 1 aliphatic heterocycles.